The molecule has 2 aliphatic rings. The third-order valence-corrected chi connectivity index (χ3v) is 2.89. The number of nitrogens with two attached hydrogens (primary N) is 1. The number of carbonyl (C=O) groups excluding carboxylic acids is 1. The summed E-state index contributed by atoms with van der Waals surface area (Å²) in [6, 6.07) is 0.274. The zero-order valence-corrected chi connectivity index (χ0v) is 7.83. The summed E-state index contributed by atoms with van der Waals surface area (Å²) in [4.78, 5) is 13.7. The molecule has 2 fully saturated rings. The molecule has 2 heterocycles. The Balaban J connectivity index is 1.89. The van der Waals surface area contributed by atoms with Gasteiger partial charge in [0.2, 0.25) is 5.91 Å². The van der Waals surface area contributed by atoms with Crippen molar-refractivity contribution in [2.75, 3.05) is 19.6 Å². The summed E-state index contributed by atoms with van der Waals surface area (Å²) in [5.74, 6) is 0.255. The van der Waals surface area contributed by atoms with Gasteiger partial charge < -0.3 is 16.0 Å². The van der Waals surface area contributed by atoms with Crippen LogP contribution >= 0.6 is 0 Å². The van der Waals surface area contributed by atoms with Crippen LogP contribution in [0.2, 0.25) is 0 Å². The second kappa shape index (κ2) is 3.64. The van der Waals surface area contributed by atoms with Crippen molar-refractivity contribution in [2.24, 2.45) is 5.73 Å². The minimum Gasteiger partial charge on any atom is -0.340 e. The van der Waals surface area contributed by atoms with E-state index in [1.54, 1.807) is 0 Å². The first-order valence-electron chi connectivity index (χ1n) is 5.05. The number of amides is 1. The van der Waals surface area contributed by atoms with Gasteiger partial charge in [-0.15, -0.1) is 0 Å². The molecule has 4 heteroatoms. The number of carbonyl (C=O) groups is 1. The first-order valence-corrected chi connectivity index (χ1v) is 5.05. The molecule has 0 bridgehead atoms. The van der Waals surface area contributed by atoms with Gasteiger partial charge in [-0.1, -0.05) is 0 Å². The minimum absolute atomic E-state index is 0.0744. The fraction of sp³-hybridized carbons (Fsp3) is 0.889. The molecule has 74 valence electrons. The molecule has 0 saturated carbocycles. The summed E-state index contributed by atoms with van der Waals surface area (Å²) < 4.78 is 0. The van der Waals surface area contributed by atoms with E-state index in [2.05, 4.69) is 5.32 Å². The number of nitrogens with one attached hydrogen (secondary N) is 1. The highest BCUT2D eigenvalue weighted by atomic mass is 16.2. The maximum Gasteiger partial charge on any atom is 0.239 e. The number of likely N-dealkylation sites (tertiary alicyclic amines) is 1. The van der Waals surface area contributed by atoms with Gasteiger partial charge in [0.15, 0.2) is 0 Å². The molecule has 0 spiro atoms. The van der Waals surface area contributed by atoms with Crippen molar-refractivity contribution >= 4 is 5.91 Å². The lowest BCUT2D eigenvalue weighted by molar-refractivity contribution is -0.132. The lowest BCUT2D eigenvalue weighted by atomic mass is 10.2. The van der Waals surface area contributed by atoms with Crippen LogP contribution in [0.5, 0.6) is 0 Å². The summed E-state index contributed by atoms with van der Waals surface area (Å²) in [5, 5.41) is 3.22. The second-order valence-corrected chi connectivity index (χ2v) is 3.98. The van der Waals surface area contributed by atoms with Gasteiger partial charge in [-0.2, -0.15) is 0 Å². The summed E-state index contributed by atoms with van der Waals surface area (Å²) >= 11 is 0. The quantitative estimate of drug-likeness (QED) is 0.565. The monoisotopic (exact) mass is 183 g/mol. The average molecular weight is 183 g/mol. The lowest BCUT2D eigenvalue weighted by Gasteiger charge is -2.19. The third kappa shape index (κ3) is 1.84. The summed E-state index contributed by atoms with van der Waals surface area (Å²) in [6.07, 6.45) is 3.07. The molecule has 13 heavy (non-hydrogen) atoms. The van der Waals surface area contributed by atoms with Crippen molar-refractivity contribution in [2.45, 2.75) is 31.3 Å². The van der Waals surface area contributed by atoms with Crippen molar-refractivity contribution in [1.29, 1.82) is 0 Å². The molecule has 1 unspecified atom stereocenters. The van der Waals surface area contributed by atoms with Crippen LogP contribution in [0, 0.1) is 0 Å². The maximum absolute atomic E-state index is 11.8. The zero-order chi connectivity index (χ0) is 9.26. The number of nitrogens with zero attached hydrogens (tertiary/aromatic N) is 1. The van der Waals surface area contributed by atoms with Crippen LogP contribution in [0.4, 0.5) is 0 Å². The molecule has 0 aromatic carbocycles. The van der Waals surface area contributed by atoms with Crippen LogP contribution in [0.3, 0.4) is 0 Å². The summed E-state index contributed by atoms with van der Waals surface area (Å²) in [7, 11) is 0. The molecule has 2 rings (SSSR count). The van der Waals surface area contributed by atoms with E-state index < -0.39 is 0 Å². The Morgan fingerprint density at radius 1 is 1.46 bits per heavy atom. The van der Waals surface area contributed by atoms with Gasteiger partial charge in [0.1, 0.15) is 0 Å². The topological polar surface area (TPSA) is 58.4 Å². The Labute approximate surface area is 78.5 Å². The van der Waals surface area contributed by atoms with Gasteiger partial charge in [-0.25, -0.2) is 0 Å². The summed E-state index contributed by atoms with van der Waals surface area (Å²) in [6.45, 7) is 2.57. The van der Waals surface area contributed by atoms with E-state index in [0.29, 0.717) is 0 Å². The molecule has 2 aliphatic heterocycles. The molecular formula is C9H17N3O. The average Bonchev–Trinajstić information content (AvgIpc) is 2.72. The van der Waals surface area contributed by atoms with Gasteiger partial charge >= 0.3 is 0 Å². The van der Waals surface area contributed by atoms with Crippen LogP contribution < -0.4 is 11.1 Å². The van der Waals surface area contributed by atoms with Crippen molar-refractivity contribution in [3.8, 4) is 0 Å². The normalized spacial score (nSPS) is 34.1. The molecule has 3 N–H and O–H groups in total. The Bertz CT molecular complexity index is 201. The molecule has 0 radical (unpaired) electrons. The van der Waals surface area contributed by atoms with E-state index in [1.807, 2.05) is 4.90 Å². The predicted molar refractivity (Wildman–Crippen MR) is 50.2 cm³/mol. The van der Waals surface area contributed by atoms with Crippen LogP contribution in [-0.2, 0) is 4.79 Å². The van der Waals surface area contributed by atoms with Crippen LogP contribution in [0.25, 0.3) is 0 Å². The van der Waals surface area contributed by atoms with Crippen molar-refractivity contribution in [3.05, 3.63) is 0 Å². The van der Waals surface area contributed by atoms with Crippen LogP contribution in [0.1, 0.15) is 19.3 Å². The number of hydrogen-bond acceptors (Lipinski definition) is 3. The Morgan fingerprint density at radius 3 is 2.85 bits per heavy atom. The van der Waals surface area contributed by atoms with E-state index in [4.69, 9.17) is 5.73 Å². The van der Waals surface area contributed by atoms with Gasteiger partial charge in [-0.05, 0) is 25.8 Å². The molecule has 0 aromatic heterocycles. The number of rotatable bonds is 1. The van der Waals surface area contributed by atoms with Gasteiger partial charge in [0, 0.05) is 19.1 Å². The Hall–Kier alpha value is -0.610. The largest absolute Gasteiger partial charge is 0.340 e. The molecular weight excluding hydrogens is 166 g/mol. The smallest absolute Gasteiger partial charge is 0.239 e. The predicted octanol–water partition coefficient (Wildman–Crippen LogP) is -0.702. The van der Waals surface area contributed by atoms with Gasteiger partial charge in [-0.3, -0.25) is 4.79 Å². The zero-order valence-electron chi connectivity index (χ0n) is 7.83. The second-order valence-electron chi connectivity index (χ2n) is 3.98. The maximum atomic E-state index is 11.8. The molecule has 1 amide bonds. The van der Waals surface area contributed by atoms with Crippen molar-refractivity contribution in [1.82, 2.24) is 10.2 Å². The SMILES string of the molecule is N[C@@H]1CCN(C(=O)C2CCCN2)C1. The molecule has 4 nitrogen and oxygen atoms in total. The fourth-order valence-electron chi connectivity index (χ4n) is 2.10. The third-order valence-electron chi connectivity index (χ3n) is 2.89. The van der Waals surface area contributed by atoms with Gasteiger partial charge in [0.05, 0.1) is 6.04 Å². The van der Waals surface area contributed by atoms with E-state index in [-0.39, 0.29) is 18.0 Å². The highest BCUT2D eigenvalue weighted by Gasteiger charge is 2.30. The molecule has 2 saturated heterocycles. The summed E-state index contributed by atoms with van der Waals surface area (Å²) in [5.41, 5.74) is 5.75. The number of hydrogen-bond donors (Lipinski definition) is 2. The van der Waals surface area contributed by atoms with Crippen molar-refractivity contribution in [3.63, 3.8) is 0 Å². The highest BCUT2D eigenvalue weighted by molar-refractivity contribution is 5.82. The van der Waals surface area contributed by atoms with Crippen LogP contribution in [0.15, 0.2) is 0 Å². The van der Waals surface area contributed by atoms with Crippen molar-refractivity contribution < 1.29 is 4.79 Å². The first kappa shape index (κ1) is 8.97. The Kier molecular flexibility index (Phi) is 2.51. The van der Waals surface area contributed by atoms with Crippen LogP contribution in [-0.4, -0.2) is 42.5 Å². The van der Waals surface area contributed by atoms with E-state index in [1.165, 1.54) is 0 Å². The van der Waals surface area contributed by atoms with E-state index in [0.717, 1.165) is 38.9 Å². The first-order chi connectivity index (χ1) is 6.27. The molecule has 0 aromatic rings. The molecule has 0 aliphatic carbocycles. The van der Waals surface area contributed by atoms with E-state index >= 15 is 0 Å². The fourth-order valence-corrected chi connectivity index (χ4v) is 2.10. The molecule has 2 atom stereocenters. The lowest BCUT2D eigenvalue weighted by Crippen LogP contribution is -2.43. The highest BCUT2D eigenvalue weighted by Crippen LogP contribution is 2.13. The van der Waals surface area contributed by atoms with Gasteiger partial charge in [0.25, 0.3) is 0 Å². The minimum atomic E-state index is 0.0744. The standard InChI is InChI=1S/C9H17N3O/c10-7-3-5-12(6-7)9(13)8-2-1-4-11-8/h7-8,11H,1-6,10H2/t7-,8?/m1/s1. The Morgan fingerprint density at radius 2 is 2.31 bits per heavy atom. The van der Waals surface area contributed by atoms with E-state index in [9.17, 15) is 4.79 Å².